The highest BCUT2D eigenvalue weighted by molar-refractivity contribution is 7.35. The van der Waals surface area contributed by atoms with E-state index in [1.54, 1.807) is 0 Å². The van der Waals surface area contributed by atoms with Gasteiger partial charge in [-0.3, -0.25) is 0 Å². The molecule has 0 aliphatic carbocycles. The number of benzene rings is 2. The first kappa shape index (κ1) is 12.7. The third kappa shape index (κ3) is 2.59. The lowest BCUT2D eigenvalue weighted by atomic mass is 9.78. The Morgan fingerprint density at radius 3 is 2.00 bits per heavy atom. The second kappa shape index (κ2) is 4.89. The minimum Gasteiger partial charge on any atom is -0.105 e. The summed E-state index contributed by atoms with van der Waals surface area (Å²) in [6.07, 6.45) is 0. The topological polar surface area (TPSA) is 0 Å². The van der Waals surface area contributed by atoms with Crippen LogP contribution in [0.1, 0.15) is 25.0 Å². The molecule has 0 nitrogen and oxygen atoms in total. The SMILES string of the molecule is CC(C)(c1ccccc1)c1ccc(P)c(P)c1. The summed E-state index contributed by atoms with van der Waals surface area (Å²) in [4.78, 5) is 0. The van der Waals surface area contributed by atoms with E-state index in [-0.39, 0.29) is 5.41 Å². The van der Waals surface area contributed by atoms with Gasteiger partial charge in [0.2, 0.25) is 0 Å². The van der Waals surface area contributed by atoms with Crippen molar-refractivity contribution in [2.45, 2.75) is 19.3 Å². The summed E-state index contributed by atoms with van der Waals surface area (Å²) in [6, 6.07) is 17.3. The molecule has 2 rings (SSSR count). The van der Waals surface area contributed by atoms with Gasteiger partial charge in [0.25, 0.3) is 0 Å². The predicted octanol–water partition coefficient (Wildman–Crippen LogP) is 3.01. The fraction of sp³-hybridized carbons (Fsp3) is 0.200. The molecular weight excluding hydrogens is 242 g/mol. The van der Waals surface area contributed by atoms with E-state index in [1.807, 2.05) is 0 Å². The largest absolute Gasteiger partial charge is 0.105 e. The summed E-state index contributed by atoms with van der Waals surface area (Å²) in [7, 11) is 5.55. The Kier molecular flexibility index (Phi) is 3.67. The molecule has 0 fully saturated rings. The first-order valence-electron chi connectivity index (χ1n) is 5.73. The zero-order chi connectivity index (χ0) is 12.5. The summed E-state index contributed by atoms with van der Waals surface area (Å²) in [5.74, 6) is 0. The molecule has 0 saturated heterocycles. The molecule has 0 aliphatic rings. The van der Waals surface area contributed by atoms with Crippen molar-refractivity contribution in [3.63, 3.8) is 0 Å². The van der Waals surface area contributed by atoms with Crippen LogP contribution in [0.25, 0.3) is 0 Å². The molecular formula is C15H18P2. The van der Waals surface area contributed by atoms with Gasteiger partial charge in [-0.05, 0) is 21.7 Å². The smallest absolute Gasteiger partial charge is 0.0146 e. The maximum atomic E-state index is 2.80. The normalized spacial score (nSPS) is 11.5. The van der Waals surface area contributed by atoms with Crippen molar-refractivity contribution in [1.29, 1.82) is 0 Å². The van der Waals surface area contributed by atoms with Crippen molar-refractivity contribution in [2.24, 2.45) is 0 Å². The molecule has 2 aromatic carbocycles. The van der Waals surface area contributed by atoms with Gasteiger partial charge in [0.05, 0.1) is 0 Å². The van der Waals surface area contributed by atoms with Crippen LogP contribution >= 0.6 is 18.5 Å². The highest BCUT2D eigenvalue weighted by Crippen LogP contribution is 2.30. The lowest BCUT2D eigenvalue weighted by molar-refractivity contribution is 0.641. The van der Waals surface area contributed by atoms with Crippen molar-refractivity contribution in [2.75, 3.05) is 0 Å². The highest BCUT2D eigenvalue weighted by atomic mass is 31.0. The van der Waals surface area contributed by atoms with Gasteiger partial charge >= 0.3 is 0 Å². The monoisotopic (exact) mass is 260 g/mol. The maximum absolute atomic E-state index is 2.80. The molecule has 2 heteroatoms. The van der Waals surface area contributed by atoms with E-state index >= 15 is 0 Å². The Labute approximate surface area is 108 Å². The third-order valence-electron chi connectivity index (χ3n) is 3.30. The summed E-state index contributed by atoms with van der Waals surface area (Å²) < 4.78 is 0. The lowest BCUT2D eigenvalue weighted by Crippen LogP contribution is -2.22. The van der Waals surface area contributed by atoms with Crippen LogP contribution in [0.2, 0.25) is 0 Å². The summed E-state index contributed by atoms with van der Waals surface area (Å²) in [6.45, 7) is 4.54. The third-order valence-corrected chi connectivity index (χ3v) is 4.66. The van der Waals surface area contributed by atoms with E-state index in [1.165, 1.54) is 21.7 Å². The van der Waals surface area contributed by atoms with Crippen LogP contribution in [0.15, 0.2) is 48.5 Å². The van der Waals surface area contributed by atoms with Gasteiger partial charge in [0.15, 0.2) is 0 Å². The van der Waals surface area contributed by atoms with Gasteiger partial charge in [0.1, 0.15) is 0 Å². The molecule has 2 aromatic rings. The molecule has 88 valence electrons. The molecule has 0 radical (unpaired) electrons. The van der Waals surface area contributed by atoms with Gasteiger partial charge in [-0.25, -0.2) is 0 Å². The minimum atomic E-state index is 0.0466. The number of hydrogen-bond acceptors (Lipinski definition) is 0. The molecule has 0 bridgehead atoms. The van der Waals surface area contributed by atoms with Crippen molar-refractivity contribution in [3.8, 4) is 0 Å². The van der Waals surface area contributed by atoms with Gasteiger partial charge in [-0.2, -0.15) is 0 Å². The molecule has 0 saturated carbocycles. The zero-order valence-electron chi connectivity index (χ0n) is 10.3. The summed E-state index contributed by atoms with van der Waals surface area (Å²) in [5, 5.41) is 2.49. The van der Waals surface area contributed by atoms with Crippen LogP contribution in [-0.2, 0) is 5.41 Å². The van der Waals surface area contributed by atoms with Crippen LogP contribution < -0.4 is 10.6 Å². The Morgan fingerprint density at radius 1 is 0.765 bits per heavy atom. The van der Waals surface area contributed by atoms with Crippen molar-refractivity contribution in [1.82, 2.24) is 0 Å². The van der Waals surface area contributed by atoms with Gasteiger partial charge < -0.3 is 0 Å². The molecule has 0 spiro atoms. The fourth-order valence-corrected chi connectivity index (χ4v) is 2.44. The second-order valence-corrected chi connectivity index (χ2v) is 6.08. The number of rotatable bonds is 2. The first-order chi connectivity index (χ1) is 8.01. The molecule has 2 unspecified atom stereocenters. The molecule has 2 atom stereocenters. The van der Waals surface area contributed by atoms with Crippen molar-refractivity contribution < 1.29 is 0 Å². The van der Waals surface area contributed by atoms with Crippen LogP contribution in [0.3, 0.4) is 0 Å². The van der Waals surface area contributed by atoms with Crippen LogP contribution in [0.5, 0.6) is 0 Å². The van der Waals surface area contributed by atoms with Crippen LogP contribution in [0, 0.1) is 0 Å². The van der Waals surface area contributed by atoms with E-state index in [0.717, 1.165) is 0 Å². The summed E-state index contributed by atoms with van der Waals surface area (Å²) in [5.41, 5.74) is 2.74. The minimum absolute atomic E-state index is 0.0466. The zero-order valence-corrected chi connectivity index (χ0v) is 12.6. The quantitative estimate of drug-likeness (QED) is 0.728. The standard InChI is InChI=1S/C15H18P2/c1-15(2,11-6-4-3-5-7-11)12-8-9-13(16)14(17)10-12/h3-10H,16-17H2,1-2H3. The average Bonchev–Trinajstić information content (AvgIpc) is 2.33. The van der Waals surface area contributed by atoms with E-state index in [4.69, 9.17) is 0 Å². The predicted molar refractivity (Wildman–Crippen MR) is 83.7 cm³/mol. The van der Waals surface area contributed by atoms with E-state index < -0.39 is 0 Å². The second-order valence-electron chi connectivity index (χ2n) is 4.83. The van der Waals surface area contributed by atoms with E-state index in [2.05, 4.69) is 80.9 Å². The summed E-state index contributed by atoms with van der Waals surface area (Å²) >= 11 is 0. The molecule has 0 aromatic heterocycles. The first-order valence-corrected chi connectivity index (χ1v) is 6.88. The Balaban J connectivity index is 2.48. The van der Waals surface area contributed by atoms with Gasteiger partial charge in [0, 0.05) is 5.41 Å². The van der Waals surface area contributed by atoms with Gasteiger partial charge in [-0.1, -0.05) is 62.4 Å². The van der Waals surface area contributed by atoms with E-state index in [9.17, 15) is 0 Å². The Morgan fingerprint density at radius 2 is 1.41 bits per heavy atom. The molecule has 17 heavy (non-hydrogen) atoms. The molecule has 0 heterocycles. The van der Waals surface area contributed by atoms with Crippen LogP contribution in [-0.4, -0.2) is 0 Å². The Bertz CT molecular complexity index is 516. The molecule has 0 aliphatic heterocycles. The van der Waals surface area contributed by atoms with E-state index in [0.29, 0.717) is 0 Å². The van der Waals surface area contributed by atoms with Crippen molar-refractivity contribution >= 4 is 29.1 Å². The van der Waals surface area contributed by atoms with Gasteiger partial charge in [-0.15, -0.1) is 18.5 Å². The van der Waals surface area contributed by atoms with Crippen LogP contribution in [0.4, 0.5) is 0 Å². The highest BCUT2D eigenvalue weighted by Gasteiger charge is 2.22. The van der Waals surface area contributed by atoms with Crippen molar-refractivity contribution in [3.05, 3.63) is 59.7 Å². The molecule has 0 N–H and O–H groups in total. The maximum Gasteiger partial charge on any atom is 0.0146 e. The molecule has 0 amide bonds. The number of hydrogen-bond donors (Lipinski definition) is 0. The average molecular weight is 260 g/mol. The lowest BCUT2D eigenvalue weighted by Gasteiger charge is -2.26. The fourth-order valence-electron chi connectivity index (χ4n) is 1.99. The Hall–Kier alpha value is -0.700.